The molecule has 3 rings (SSSR count). The molecule has 6 nitrogen and oxygen atoms in total. The van der Waals surface area contributed by atoms with Gasteiger partial charge in [0.05, 0.1) is 0 Å². The second kappa shape index (κ2) is 5.40. The highest BCUT2D eigenvalue weighted by Gasteiger charge is 2.46. The van der Waals surface area contributed by atoms with Crippen molar-refractivity contribution in [3.05, 3.63) is 35.9 Å². The maximum absolute atomic E-state index is 12.4. The summed E-state index contributed by atoms with van der Waals surface area (Å²) in [5.41, 5.74) is 1.21. The van der Waals surface area contributed by atoms with Crippen LogP contribution in [0.15, 0.2) is 30.3 Å². The molecule has 0 bridgehead atoms. The number of rotatable bonds is 3. The van der Waals surface area contributed by atoms with E-state index in [4.69, 9.17) is 5.14 Å². The van der Waals surface area contributed by atoms with E-state index in [0.29, 0.717) is 19.0 Å². The predicted octanol–water partition coefficient (Wildman–Crippen LogP) is 0.138. The van der Waals surface area contributed by atoms with Gasteiger partial charge in [-0.15, -0.1) is 0 Å². The number of benzene rings is 1. The Kier molecular flexibility index (Phi) is 3.73. The highest BCUT2D eigenvalue weighted by molar-refractivity contribution is 7.86. The van der Waals surface area contributed by atoms with Crippen molar-refractivity contribution in [3.63, 3.8) is 0 Å². The van der Waals surface area contributed by atoms with Crippen LogP contribution < -0.4 is 5.14 Å². The lowest BCUT2D eigenvalue weighted by atomic mass is 10.1. The number of nitrogens with zero attached hydrogens (tertiary/aromatic N) is 2. The van der Waals surface area contributed by atoms with Crippen LogP contribution in [0, 0.1) is 5.92 Å². The Morgan fingerprint density at radius 1 is 1.10 bits per heavy atom. The molecule has 1 aromatic carbocycles. The van der Waals surface area contributed by atoms with Gasteiger partial charge in [0, 0.05) is 32.1 Å². The second-order valence-corrected chi connectivity index (χ2v) is 7.17. The Hall–Kier alpha value is -1.44. The molecule has 1 aliphatic carbocycles. The molecule has 2 fully saturated rings. The van der Waals surface area contributed by atoms with Gasteiger partial charge in [0.15, 0.2) is 0 Å². The molecule has 0 radical (unpaired) electrons. The number of amides is 1. The SMILES string of the molecule is NS(=O)(=O)N1CCN(C(=O)C2CC2c2ccccc2)CC1. The highest BCUT2D eigenvalue weighted by atomic mass is 32.2. The molecule has 114 valence electrons. The van der Waals surface area contributed by atoms with E-state index in [9.17, 15) is 13.2 Å². The smallest absolute Gasteiger partial charge is 0.277 e. The Bertz CT molecular complexity index is 624. The van der Waals surface area contributed by atoms with Crippen molar-refractivity contribution >= 4 is 16.1 Å². The van der Waals surface area contributed by atoms with Crippen LogP contribution in [0.3, 0.4) is 0 Å². The fourth-order valence-electron chi connectivity index (χ4n) is 2.93. The first-order valence-corrected chi connectivity index (χ1v) is 8.59. The first kappa shape index (κ1) is 14.5. The predicted molar refractivity (Wildman–Crippen MR) is 78.6 cm³/mol. The van der Waals surface area contributed by atoms with Gasteiger partial charge in [0.1, 0.15) is 0 Å². The summed E-state index contributed by atoms with van der Waals surface area (Å²) >= 11 is 0. The molecule has 1 aliphatic heterocycles. The summed E-state index contributed by atoms with van der Waals surface area (Å²) in [5, 5.41) is 5.10. The Morgan fingerprint density at radius 3 is 2.29 bits per heavy atom. The van der Waals surface area contributed by atoms with Gasteiger partial charge in [-0.2, -0.15) is 12.7 Å². The summed E-state index contributed by atoms with van der Waals surface area (Å²) in [6.07, 6.45) is 0.887. The van der Waals surface area contributed by atoms with Gasteiger partial charge in [0.25, 0.3) is 10.2 Å². The van der Waals surface area contributed by atoms with Crippen LogP contribution in [0.1, 0.15) is 17.9 Å². The molecule has 2 atom stereocenters. The van der Waals surface area contributed by atoms with E-state index in [-0.39, 0.29) is 24.9 Å². The van der Waals surface area contributed by atoms with Gasteiger partial charge >= 0.3 is 0 Å². The zero-order valence-corrected chi connectivity index (χ0v) is 12.5. The Labute approximate surface area is 124 Å². The maximum atomic E-state index is 12.4. The van der Waals surface area contributed by atoms with Crippen molar-refractivity contribution in [2.75, 3.05) is 26.2 Å². The second-order valence-electron chi connectivity index (χ2n) is 5.63. The molecule has 2 unspecified atom stereocenters. The quantitative estimate of drug-likeness (QED) is 0.862. The molecule has 0 spiro atoms. The van der Waals surface area contributed by atoms with Gasteiger partial charge in [-0.1, -0.05) is 30.3 Å². The van der Waals surface area contributed by atoms with E-state index in [1.807, 2.05) is 18.2 Å². The topological polar surface area (TPSA) is 83.7 Å². The molecule has 1 amide bonds. The van der Waals surface area contributed by atoms with Crippen LogP contribution in [0.5, 0.6) is 0 Å². The third-order valence-corrected chi connectivity index (χ3v) is 5.33. The van der Waals surface area contributed by atoms with Crippen LogP contribution in [-0.2, 0) is 15.0 Å². The Morgan fingerprint density at radius 2 is 1.71 bits per heavy atom. The molecule has 1 aromatic rings. The fourth-order valence-corrected chi connectivity index (χ4v) is 3.61. The van der Waals surface area contributed by atoms with Crippen molar-refractivity contribution in [3.8, 4) is 0 Å². The maximum Gasteiger partial charge on any atom is 0.277 e. The fraction of sp³-hybridized carbons (Fsp3) is 0.500. The summed E-state index contributed by atoms with van der Waals surface area (Å²) in [7, 11) is -3.64. The van der Waals surface area contributed by atoms with E-state index < -0.39 is 10.2 Å². The van der Waals surface area contributed by atoms with E-state index in [2.05, 4.69) is 12.1 Å². The van der Waals surface area contributed by atoms with Crippen molar-refractivity contribution in [1.29, 1.82) is 0 Å². The zero-order valence-electron chi connectivity index (χ0n) is 11.7. The molecule has 21 heavy (non-hydrogen) atoms. The molecular weight excluding hydrogens is 290 g/mol. The van der Waals surface area contributed by atoms with Crippen molar-refractivity contribution in [2.24, 2.45) is 11.1 Å². The number of hydrogen-bond acceptors (Lipinski definition) is 3. The van der Waals surface area contributed by atoms with E-state index in [1.54, 1.807) is 4.90 Å². The molecule has 7 heteroatoms. The summed E-state index contributed by atoms with van der Waals surface area (Å²) < 4.78 is 23.7. The van der Waals surface area contributed by atoms with Crippen LogP contribution in [-0.4, -0.2) is 49.7 Å². The van der Waals surface area contributed by atoms with Gasteiger partial charge in [0.2, 0.25) is 5.91 Å². The number of piperazine rings is 1. The summed E-state index contributed by atoms with van der Waals surface area (Å²) in [6, 6.07) is 10.0. The van der Waals surface area contributed by atoms with E-state index in [0.717, 1.165) is 6.42 Å². The summed E-state index contributed by atoms with van der Waals surface area (Å²) in [6.45, 7) is 1.42. The standard InChI is InChI=1S/C14H19N3O3S/c15-21(19,20)17-8-6-16(7-9-17)14(18)13-10-12(13)11-4-2-1-3-5-11/h1-5,12-13H,6-10H2,(H2,15,19,20). The number of nitrogens with two attached hydrogens (primary N) is 1. The lowest BCUT2D eigenvalue weighted by Crippen LogP contribution is -2.52. The van der Waals surface area contributed by atoms with Crippen molar-refractivity contribution in [2.45, 2.75) is 12.3 Å². The minimum Gasteiger partial charge on any atom is -0.340 e. The van der Waals surface area contributed by atoms with Crippen molar-refractivity contribution in [1.82, 2.24) is 9.21 Å². The first-order chi connectivity index (χ1) is 9.97. The van der Waals surface area contributed by atoms with Gasteiger partial charge in [-0.25, -0.2) is 5.14 Å². The molecule has 1 saturated heterocycles. The number of carbonyl (C=O) groups excluding carboxylic acids is 1. The third-order valence-electron chi connectivity index (χ3n) is 4.25. The molecule has 1 heterocycles. The van der Waals surface area contributed by atoms with Crippen LogP contribution in [0.4, 0.5) is 0 Å². The lowest BCUT2D eigenvalue weighted by Gasteiger charge is -2.33. The van der Waals surface area contributed by atoms with Gasteiger partial charge < -0.3 is 4.90 Å². The molecular formula is C14H19N3O3S. The van der Waals surface area contributed by atoms with Crippen molar-refractivity contribution < 1.29 is 13.2 Å². The highest BCUT2D eigenvalue weighted by Crippen LogP contribution is 2.48. The van der Waals surface area contributed by atoms with Crippen LogP contribution in [0.2, 0.25) is 0 Å². The average Bonchev–Trinajstić information content (AvgIpc) is 3.27. The monoisotopic (exact) mass is 309 g/mol. The van der Waals surface area contributed by atoms with Gasteiger partial charge in [-0.3, -0.25) is 4.79 Å². The third kappa shape index (κ3) is 3.09. The van der Waals surface area contributed by atoms with Crippen LogP contribution in [0.25, 0.3) is 0 Å². The number of hydrogen-bond donors (Lipinski definition) is 1. The largest absolute Gasteiger partial charge is 0.340 e. The van der Waals surface area contributed by atoms with Crippen LogP contribution >= 0.6 is 0 Å². The average molecular weight is 309 g/mol. The Balaban J connectivity index is 1.57. The first-order valence-electron chi connectivity index (χ1n) is 7.08. The van der Waals surface area contributed by atoms with E-state index >= 15 is 0 Å². The zero-order chi connectivity index (χ0) is 15.0. The summed E-state index contributed by atoms with van der Waals surface area (Å²) in [5.74, 6) is 0.501. The number of carbonyl (C=O) groups is 1. The van der Waals surface area contributed by atoms with Gasteiger partial charge in [-0.05, 0) is 17.9 Å². The minimum absolute atomic E-state index is 0.0495. The molecule has 1 saturated carbocycles. The lowest BCUT2D eigenvalue weighted by molar-refractivity contribution is -0.133. The van der Waals surface area contributed by atoms with E-state index in [1.165, 1.54) is 9.87 Å². The molecule has 2 aliphatic rings. The minimum atomic E-state index is -3.64. The normalized spacial score (nSPS) is 26.6. The molecule has 0 aromatic heterocycles. The molecule has 2 N–H and O–H groups in total. The summed E-state index contributed by atoms with van der Waals surface area (Å²) in [4.78, 5) is 14.2.